The van der Waals surface area contributed by atoms with E-state index in [9.17, 15) is 0 Å². The first-order valence-corrected chi connectivity index (χ1v) is 15.7. The molecule has 0 aromatic heterocycles. The van der Waals surface area contributed by atoms with Gasteiger partial charge >= 0.3 is 8.80 Å². The Kier molecular flexibility index (Phi) is 9.03. The van der Waals surface area contributed by atoms with Crippen LogP contribution in [0.25, 0.3) is 0 Å². The van der Waals surface area contributed by atoms with Gasteiger partial charge in [0.1, 0.15) is 0 Å². The van der Waals surface area contributed by atoms with E-state index in [0.717, 1.165) is 12.1 Å². The molecule has 0 bridgehead atoms. The second kappa shape index (κ2) is 8.82. The average Bonchev–Trinajstić information content (AvgIpc) is 2.37. The monoisotopic (exact) mass is 338 g/mol. The van der Waals surface area contributed by atoms with E-state index in [1.54, 1.807) is 21.3 Å². The fourth-order valence-corrected chi connectivity index (χ4v) is 15.2. The average molecular weight is 339 g/mol. The van der Waals surface area contributed by atoms with E-state index < -0.39 is 25.4 Å². The second-order valence-corrected chi connectivity index (χ2v) is 18.5. The Balaban J connectivity index is 4.51. The Morgan fingerprint density at radius 1 is 0.700 bits per heavy atom. The van der Waals surface area contributed by atoms with Crippen molar-refractivity contribution < 1.29 is 17.4 Å². The molecule has 0 atom stereocenters. The molecule has 0 saturated carbocycles. The summed E-state index contributed by atoms with van der Waals surface area (Å²) in [5.41, 5.74) is 0. The minimum atomic E-state index is -2.46. The van der Waals surface area contributed by atoms with Crippen LogP contribution in [-0.4, -0.2) is 46.8 Å². The molecule has 0 aromatic carbocycles. The van der Waals surface area contributed by atoms with E-state index in [2.05, 4.69) is 33.1 Å². The molecule has 0 aliphatic rings. The third kappa shape index (κ3) is 7.49. The van der Waals surface area contributed by atoms with Crippen molar-refractivity contribution in [3.05, 3.63) is 0 Å². The summed E-state index contributed by atoms with van der Waals surface area (Å²) in [6, 6.07) is 3.12. The highest BCUT2D eigenvalue weighted by Gasteiger charge is 2.41. The van der Waals surface area contributed by atoms with E-state index in [4.69, 9.17) is 17.4 Å². The molecule has 0 aromatic rings. The van der Waals surface area contributed by atoms with Crippen molar-refractivity contribution >= 4 is 25.4 Å². The van der Waals surface area contributed by atoms with Crippen molar-refractivity contribution in [2.75, 3.05) is 21.3 Å². The van der Waals surface area contributed by atoms with Crippen LogP contribution >= 0.6 is 0 Å². The zero-order valence-electron chi connectivity index (χ0n) is 14.7. The smallest absolute Gasteiger partial charge is 0.456 e. The van der Waals surface area contributed by atoms with E-state index in [-0.39, 0.29) is 0 Å². The Bertz CT molecular complexity index is 260. The van der Waals surface area contributed by atoms with E-state index >= 15 is 0 Å². The van der Waals surface area contributed by atoms with Gasteiger partial charge in [-0.1, -0.05) is 19.8 Å². The van der Waals surface area contributed by atoms with Gasteiger partial charge in [0.2, 0.25) is 0 Å². The van der Waals surface area contributed by atoms with Crippen LogP contribution in [0.1, 0.15) is 19.8 Å². The fourth-order valence-electron chi connectivity index (χ4n) is 2.46. The minimum absolute atomic E-state index is 0.841. The molecular formula is C13H34O4Si3. The van der Waals surface area contributed by atoms with Crippen molar-refractivity contribution in [3.63, 3.8) is 0 Å². The van der Waals surface area contributed by atoms with Gasteiger partial charge in [-0.15, -0.1) is 0 Å². The number of hydrogen-bond acceptors (Lipinski definition) is 4. The van der Waals surface area contributed by atoms with Crippen molar-refractivity contribution in [2.24, 2.45) is 0 Å². The van der Waals surface area contributed by atoms with Gasteiger partial charge in [-0.2, -0.15) is 0 Å². The minimum Gasteiger partial charge on any atom is -0.456 e. The van der Waals surface area contributed by atoms with Crippen LogP contribution < -0.4 is 0 Å². The predicted molar refractivity (Wildman–Crippen MR) is 92.2 cm³/mol. The molecule has 0 fully saturated rings. The number of unbranched alkanes of at least 4 members (excludes halogenated alkanes) is 1. The third-order valence-electron chi connectivity index (χ3n) is 3.65. The normalized spacial score (nSPS) is 13.8. The van der Waals surface area contributed by atoms with Crippen LogP contribution in [-0.2, 0) is 17.4 Å². The Hall–Kier alpha value is 0.491. The molecule has 122 valence electrons. The zero-order valence-corrected chi connectivity index (χ0v) is 17.7. The summed E-state index contributed by atoms with van der Waals surface area (Å²) in [5, 5.41) is 0. The molecule has 7 heteroatoms. The summed E-state index contributed by atoms with van der Waals surface area (Å²) in [4.78, 5) is 0. The van der Waals surface area contributed by atoms with Gasteiger partial charge in [0.15, 0.2) is 16.6 Å². The largest absolute Gasteiger partial charge is 0.499 e. The van der Waals surface area contributed by atoms with Gasteiger partial charge in [0.05, 0.1) is 0 Å². The third-order valence-corrected chi connectivity index (χ3v) is 14.3. The Morgan fingerprint density at radius 3 is 1.55 bits per heavy atom. The lowest BCUT2D eigenvalue weighted by molar-refractivity contribution is 0.125. The molecule has 0 unspecified atom stereocenters. The predicted octanol–water partition coefficient (Wildman–Crippen LogP) is 4.09. The van der Waals surface area contributed by atoms with Crippen LogP contribution in [0.2, 0.25) is 44.3 Å². The molecule has 0 spiro atoms. The lowest BCUT2D eigenvalue weighted by atomic mass is 10.4. The molecule has 0 saturated heterocycles. The highest BCUT2D eigenvalue weighted by Crippen LogP contribution is 2.27. The summed E-state index contributed by atoms with van der Waals surface area (Å²) in [7, 11) is -0.655. The summed E-state index contributed by atoms with van der Waals surface area (Å²) < 4.78 is 23.1. The SMILES string of the molecule is CCCC[Si](C)(C)O[Si](C)(C)CC[Si](OC)(OC)OC. The topological polar surface area (TPSA) is 36.9 Å². The summed E-state index contributed by atoms with van der Waals surface area (Å²) in [6.45, 7) is 11.5. The maximum atomic E-state index is 6.59. The van der Waals surface area contributed by atoms with Gasteiger partial charge in [-0.3, -0.25) is 0 Å². The summed E-state index contributed by atoms with van der Waals surface area (Å²) in [6.07, 6.45) is 2.52. The molecule has 0 aliphatic heterocycles. The van der Waals surface area contributed by atoms with Gasteiger partial charge in [0.25, 0.3) is 0 Å². The molecule has 0 N–H and O–H groups in total. The van der Waals surface area contributed by atoms with Crippen molar-refractivity contribution in [1.29, 1.82) is 0 Å². The standard InChI is InChI=1S/C13H34O4Si3/c1-9-10-11-18(5,6)17-19(7,8)12-13-20(14-2,15-3)16-4/h9-13H2,1-8H3. The highest BCUT2D eigenvalue weighted by molar-refractivity contribution is 6.85. The molecule has 0 radical (unpaired) electrons. The summed E-state index contributed by atoms with van der Waals surface area (Å²) >= 11 is 0. The molecule has 20 heavy (non-hydrogen) atoms. The van der Waals surface area contributed by atoms with E-state index in [1.807, 2.05) is 0 Å². The Morgan fingerprint density at radius 2 is 1.15 bits per heavy atom. The first-order valence-electron chi connectivity index (χ1n) is 7.51. The lowest BCUT2D eigenvalue weighted by Gasteiger charge is -2.35. The van der Waals surface area contributed by atoms with Gasteiger partial charge < -0.3 is 17.4 Å². The quantitative estimate of drug-likeness (QED) is 0.532. The van der Waals surface area contributed by atoms with Crippen molar-refractivity contribution in [1.82, 2.24) is 0 Å². The first-order chi connectivity index (χ1) is 9.16. The molecule has 0 aliphatic carbocycles. The first kappa shape index (κ1) is 20.5. The number of hydrogen-bond donors (Lipinski definition) is 0. The van der Waals surface area contributed by atoms with Gasteiger partial charge in [-0.05, 0) is 38.3 Å². The number of rotatable bonds is 11. The Labute approximate surface area is 128 Å². The van der Waals surface area contributed by atoms with Crippen LogP contribution in [0.15, 0.2) is 0 Å². The zero-order chi connectivity index (χ0) is 15.9. The molecule has 0 heterocycles. The molecular weight excluding hydrogens is 304 g/mol. The van der Waals surface area contributed by atoms with E-state index in [0.29, 0.717) is 0 Å². The molecule has 0 amide bonds. The van der Waals surface area contributed by atoms with Crippen LogP contribution in [0, 0.1) is 0 Å². The van der Waals surface area contributed by atoms with Gasteiger partial charge in [-0.25, -0.2) is 0 Å². The van der Waals surface area contributed by atoms with Crippen LogP contribution in [0.4, 0.5) is 0 Å². The highest BCUT2D eigenvalue weighted by atomic mass is 28.4. The van der Waals surface area contributed by atoms with Crippen LogP contribution in [0.3, 0.4) is 0 Å². The van der Waals surface area contributed by atoms with Crippen molar-refractivity contribution in [3.8, 4) is 0 Å². The van der Waals surface area contributed by atoms with Gasteiger partial charge in [0, 0.05) is 27.4 Å². The van der Waals surface area contributed by atoms with Crippen molar-refractivity contribution in [2.45, 2.75) is 64.1 Å². The molecule has 0 rings (SSSR count). The second-order valence-electron chi connectivity index (χ2n) is 6.52. The van der Waals surface area contributed by atoms with E-state index in [1.165, 1.54) is 18.9 Å². The maximum Gasteiger partial charge on any atom is 0.499 e. The fraction of sp³-hybridized carbons (Fsp3) is 1.00. The maximum absolute atomic E-state index is 6.59. The lowest BCUT2D eigenvalue weighted by Crippen LogP contribution is -2.48. The summed E-state index contributed by atoms with van der Waals surface area (Å²) in [5.74, 6) is 0. The molecule has 4 nitrogen and oxygen atoms in total. The van der Waals surface area contributed by atoms with Crippen LogP contribution in [0.5, 0.6) is 0 Å².